The Morgan fingerprint density at radius 2 is 2.17 bits per heavy atom. The summed E-state index contributed by atoms with van der Waals surface area (Å²) in [6, 6.07) is 5.47. The van der Waals surface area contributed by atoms with Crippen molar-refractivity contribution in [2.24, 2.45) is 0 Å². The summed E-state index contributed by atoms with van der Waals surface area (Å²) in [5.74, 6) is 0.969. The van der Waals surface area contributed by atoms with E-state index in [2.05, 4.69) is 25.2 Å². The zero-order valence-corrected chi connectivity index (χ0v) is 18.2. The van der Waals surface area contributed by atoms with Crippen LogP contribution in [0.2, 0.25) is 5.02 Å². The molecule has 0 aromatic carbocycles. The number of rotatable bonds is 4. The van der Waals surface area contributed by atoms with Crippen molar-refractivity contribution in [2.45, 2.75) is 31.2 Å². The van der Waals surface area contributed by atoms with Gasteiger partial charge in [-0.25, -0.2) is 8.42 Å². The van der Waals surface area contributed by atoms with Crippen LogP contribution in [-0.2, 0) is 15.6 Å². The predicted molar refractivity (Wildman–Crippen MR) is 113 cm³/mol. The maximum atomic E-state index is 12.1. The molecule has 3 N–H and O–H groups in total. The summed E-state index contributed by atoms with van der Waals surface area (Å²) in [6.45, 7) is 1.72. The van der Waals surface area contributed by atoms with Crippen LogP contribution in [0.4, 0.5) is 0 Å². The van der Waals surface area contributed by atoms with Gasteiger partial charge in [-0.05, 0) is 43.5 Å². The van der Waals surface area contributed by atoms with Gasteiger partial charge in [-0.3, -0.25) is 15.1 Å². The van der Waals surface area contributed by atoms with Gasteiger partial charge in [0, 0.05) is 17.0 Å². The first-order valence-electron chi connectivity index (χ1n) is 9.20. The van der Waals surface area contributed by atoms with Crippen LogP contribution in [0.1, 0.15) is 36.4 Å². The molecule has 4 heterocycles. The van der Waals surface area contributed by atoms with Crippen LogP contribution in [-0.4, -0.2) is 35.3 Å². The van der Waals surface area contributed by atoms with Gasteiger partial charge in [0.05, 0.1) is 21.2 Å². The fourth-order valence-electron chi connectivity index (χ4n) is 3.47. The molecule has 1 aliphatic carbocycles. The molecule has 2 fully saturated rings. The molecule has 1 saturated carbocycles. The highest BCUT2D eigenvalue weighted by Crippen LogP contribution is 2.42. The molecule has 3 aromatic heterocycles. The first-order chi connectivity index (χ1) is 14.2. The molecule has 0 amide bonds. The van der Waals surface area contributed by atoms with Gasteiger partial charge in [-0.15, -0.1) is 11.3 Å². The number of nitrogens with zero attached hydrogens (tertiary/aromatic N) is 3. The largest absolute Gasteiger partial charge is 0.345 e. The van der Waals surface area contributed by atoms with E-state index >= 15 is 0 Å². The highest BCUT2D eigenvalue weighted by Gasteiger charge is 2.41. The molecule has 156 valence electrons. The van der Waals surface area contributed by atoms with E-state index < -0.39 is 15.6 Å². The molecule has 5 rings (SSSR count). The quantitative estimate of drug-likeness (QED) is 0.540. The van der Waals surface area contributed by atoms with Crippen molar-refractivity contribution >= 4 is 38.9 Å². The third kappa shape index (κ3) is 3.57. The Morgan fingerprint density at radius 1 is 1.37 bits per heavy atom. The second-order valence-electron chi connectivity index (χ2n) is 7.64. The lowest BCUT2D eigenvalue weighted by Crippen LogP contribution is -2.60. The Balaban J connectivity index is 1.49. The van der Waals surface area contributed by atoms with Crippen LogP contribution in [0.15, 0.2) is 28.9 Å². The average molecular weight is 465 g/mol. The number of pyridine rings is 1. The van der Waals surface area contributed by atoms with E-state index in [1.54, 1.807) is 19.2 Å². The lowest BCUT2D eigenvalue weighted by Gasteiger charge is -2.35. The number of nitrogens with one attached hydrogen (secondary N) is 3. The Kier molecular flexibility index (Phi) is 4.38. The van der Waals surface area contributed by atoms with Gasteiger partial charge in [0.2, 0.25) is 16.0 Å². The van der Waals surface area contributed by atoms with E-state index in [4.69, 9.17) is 21.5 Å². The van der Waals surface area contributed by atoms with Crippen LogP contribution >= 0.6 is 22.9 Å². The molecule has 3 aromatic rings. The number of hydrogen-bond donors (Lipinski definition) is 3. The van der Waals surface area contributed by atoms with Gasteiger partial charge in [-0.1, -0.05) is 16.8 Å². The smallest absolute Gasteiger partial charge is 0.276 e. The molecule has 0 spiro atoms. The van der Waals surface area contributed by atoms with Crippen molar-refractivity contribution in [2.75, 3.05) is 5.75 Å². The standard InChI is InChI=1S/C18H17ClN6O3S2/c1-18(8-30(26,27)25-17(20)23-18)14-11(19)7-13(29-14)10-4-5-21-12(6-10)16-22-15(24-28-16)9-2-3-9/h4-7,9H,2-3,8H2,1H3,(H3,20,23,25)/t18-/m0/s1. The molecule has 0 unspecified atom stereocenters. The average Bonchev–Trinajstić information content (AvgIpc) is 3.24. The maximum absolute atomic E-state index is 12.1. The minimum atomic E-state index is -3.63. The molecule has 1 atom stereocenters. The number of guanidine groups is 1. The molecule has 9 nitrogen and oxygen atoms in total. The van der Waals surface area contributed by atoms with E-state index in [9.17, 15) is 8.42 Å². The minimum absolute atomic E-state index is 0.227. The van der Waals surface area contributed by atoms with Crippen molar-refractivity contribution < 1.29 is 12.9 Å². The SMILES string of the molecule is C[C@@]1(c2sc(-c3ccnc(-c4nc(C5CC5)no4)c3)cc2Cl)CS(=O)(=O)NC(=N)N1. The van der Waals surface area contributed by atoms with Crippen LogP contribution < -0.4 is 10.0 Å². The number of halogens is 1. The second kappa shape index (κ2) is 6.76. The van der Waals surface area contributed by atoms with Crippen molar-refractivity contribution in [3.05, 3.63) is 40.1 Å². The first kappa shape index (κ1) is 19.5. The van der Waals surface area contributed by atoms with Crippen molar-refractivity contribution in [1.29, 1.82) is 5.41 Å². The first-order valence-corrected chi connectivity index (χ1v) is 12.0. The van der Waals surface area contributed by atoms with Gasteiger partial charge in [-0.2, -0.15) is 4.98 Å². The topological polar surface area (TPSA) is 134 Å². The highest BCUT2D eigenvalue weighted by atomic mass is 35.5. The monoisotopic (exact) mass is 464 g/mol. The second-order valence-corrected chi connectivity index (χ2v) is 10.8. The summed E-state index contributed by atoms with van der Waals surface area (Å²) < 4.78 is 31.8. The Bertz CT molecular complexity index is 1270. The minimum Gasteiger partial charge on any atom is -0.345 e. The molecule has 1 saturated heterocycles. The molecule has 0 bridgehead atoms. The molecule has 1 aliphatic heterocycles. The van der Waals surface area contributed by atoms with Crippen LogP contribution in [0.25, 0.3) is 22.0 Å². The Morgan fingerprint density at radius 3 is 2.90 bits per heavy atom. The number of sulfonamides is 1. The fraction of sp³-hybridized carbons (Fsp3) is 0.333. The van der Waals surface area contributed by atoms with Gasteiger partial charge in [0.1, 0.15) is 5.69 Å². The zero-order chi connectivity index (χ0) is 21.1. The van der Waals surface area contributed by atoms with E-state index in [1.165, 1.54) is 11.3 Å². The van der Waals surface area contributed by atoms with Gasteiger partial charge < -0.3 is 9.84 Å². The molecule has 2 aliphatic rings. The summed E-state index contributed by atoms with van der Waals surface area (Å²) in [4.78, 5) is 10.3. The van der Waals surface area contributed by atoms with Gasteiger partial charge >= 0.3 is 0 Å². The highest BCUT2D eigenvalue weighted by molar-refractivity contribution is 7.90. The summed E-state index contributed by atoms with van der Waals surface area (Å²) in [5, 5.41) is 15.1. The Labute approximate surface area is 181 Å². The molecule has 12 heteroatoms. The normalized spacial score (nSPS) is 23.1. The molecule has 30 heavy (non-hydrogen) atoms. The third-order valence-electron chi connectivity index (χ3n) is 4.97. The van der Waals surface area contributed by atoms with Crippen LogP contribution in [0, 0.1) is 5.41 Å². The van der Waals surface area contributed by atoms with Crippen LogP contribution in [0.5, 0.6) is 0 Å². The fourth-order valence-corrected chi connectivity index (χ4v) is 6.61. The predicted octanol–water partition coefficient (Wildman–Crippen LogP) is 3.06. The number of hydrogen-bond acceptors (Lipinski definition) is 8. The van der Waals surface area contributed by atoms with Gasteiger partial charge in [0.25, 0.3) is 5.89 Å². The lowest BCUT2D eigenvalue weighted by atomic mass is 10.0. The van der Waals surface area contributed by atoms with E-state index in [0.29, 0.717) is 33.2 Å². The summed E-state index contributed by atoms with van der Waals surface area (Å²) in [7, 11) is -3.63. The van der Waals surface area contributed by atoms with Crippen molar-refractivity contribution in [3.63, 3.8) is 0 Å². The molecular formula is C18H17ClN6O3S2. The Hall–Kier alpha value is -2.50. The van der Waals surface area contributed by atoms with Crippen molar-refractivity contribution in [1.82, 2.24) is 25.2 Å². The van der Waals surface area contributed by atoms with E-state index in [0.717, 1.165) is 23.3 Å². The summed E-state index contributed by atoms with van der Waals surface area (Å²) >= 11 is 7.86. The lowest BCUT2D eigenvalue weighted by molar-refractivity contribution is 0.421. The third-order valence-corrected chi connectivity index (χ3v) is 8.30. The van der Waals surface area contributed by atoms with E-state index in [1.807, 2.05) is 12.1 Å². The maximum Gasteiger partial charge on any atom is 0.276 e. The summed E-state index contributed by atoms with van der Waals surface area (Å²) in [6.07, 6.45) is 3.82. The van der Waals surface area contributed by atoms with Crippen LogP contribution in [0.3, 0.4) is 0 Å². The molecule has 0 radical (unpaired) electrons. The molecular weight excluding hydrogens is 448 g/mol. The number of aromatic nitrogens is 3. The van der Waals surface area contributed by atoms with Crippen molar-refractivity contribution in [3.8, 4) is 22.0 Å². The number of thiophene rings is 1. The van der Waals surface area contributed by atoms with Gasteiger partial charge in [0.15, 0.2) is 5.82 Å². The van der Waals surface area contributed by atoms with E-state index in [-0.39, 0.29) is 11.7 Å². The summed E-state index contributed by atoms with van der Waals surface area (Å²) in [5.41, 5.74) is 0.399. The zero-order valence-electron chi connectivity index (χ0n) is 15.8.